The van der Waals surface area contributed by atoms with Crippen LogP contribution in [0.3, 0.4) is 0 Å². The van der Waals surface area contributed by atoms with E-state index >= 15 is 0 Å². The number of amides is 1. The van der Waals surface area contributed by atoms with Crippen molar-refractivity contribution >= 4 is 23.2 Å². The van der Waals surface area contributed by atoms with Crippen molar-refractivity contribution in [2.45, 2.75) is 33.2 Å². The lowest BCUT2D eigenvalue weighted by Crippen LogP contribution is -2.41. The largest absolute Gasteiger partial charge is 0.508 e. The molecule has 0 unspecified atom stereocenters. The van der Waals surface area contributed by atoms with Gasteiger partial charge in [-0.3, -0.25) is 4.79 Å². The molecule has 0 saturated heterocycles. The van der Waals surface area contributed by atoms with E-state index < -0.39 is 0 Å². The second-order valence-electron chi connectivity index (χ2n) is 6.25. The van der Waals surface area contributed by atoms with E-state index in [4.69, 9.17) is 0 Å². The third-order valence-electron chi connectivity index (χ3n) is 3.71. The molecule has 2 aromatic rings. The van der Waals surface area contributed by atoms with Crippen LogP contribution in [0.1, 0.15) is 47.7 Å². The van der Waals surface area contributed by atoms with Crippen LogP contribution in [0.5, 0.6) is 5.75 Å². The minimum absolute atomic E-state index is 0.139. The van der Waals surface area contributed by atoms with Gasteiger partial charge in [0.15, 0.2) is 5.96 Å². The number of aromatic hydroxyl groups is 1. The van der Waals surface area contributed by atoms with Crippen LogP contribution in [0.25, 0.3) is 0 Å². The summed E-state index contributed by atoms with van der Waals surface area (Å²) in [4.78, 5) is 21.1. The third-order valence-corrected chi connectivity index (χ3v) is 4.56. The second-order valence-corrected chi connectivity index (χ2v) is 7.19. The molecule has 7 nitrogen and oxygen atoms in total. The lowest BCUT2D eigenvalue weighted by molar-refractivity contribution is 0.0954. The molecule has 0 atom stereocenters. The number of hydrogen-bond donors (Lipinski definition) is 4. The van der Waals surface area contributed by atoms with Crippen molar-refractivity contribution in [2.24, 2.45) is 4.99 Å². The Morgan fingerprint density at radius 3 is 2.52 bits per heavy atom. The molecule has 146 valence electrons. The van der Waals surface area contributed by atoms with E-state index in [9.17, 15) is 9.90 Å². The van der Waals surface area contributed by atoms with E-state index in [0.717, 1.165) is 17.2 Å². The van der Waals surface area contributed by atoms with E-state index in [1.165, 1.54) is 12.1 Å². The Morgan fingerprint density at radius 1 is 1.19 bits per heavy atom. The fourth-order valence-electron chi connectivity index (χ4n) is 2.22. The average Bonchev–Trinajstić information content (AvgIpc) is 3.13. The first kappa shape index (κ1) is 20.7. The molecule has 0 spiro atoms. The highest BCUT2D eigenvalue weighted by Crippen LogP contribution is 2.18. The molecule has 8 heteroatoms. The number of nitrogens with zero attached hydrogens (tertiary/aromatic N) is 2. The lowest BCUT2D eigenvalue weighted by atomic mass is 10.2. The zero-order valence-corrected chi connectivity index (χ0v) is 16.8. The molecule has 27 heavy (non-hydrogen) atoms. The summed E-state index contributed by atoms with van der Waals surface area (Å²) < 4.78 is 0. The number of carbonyl (C=O) groups is 1. The highest BCUT2D eigenvalue weighted by Gasteiger charge is 2.07. The van der Waals surface area contributed by atoms with Crippen LogP contribution in [0.15, 0.2) is 34.6 Å². The normalized spacial score (nSPS) is 11.5. The van der Waals surface area contributed by atoms with Gasteiger partial charge >= 0.3 is 0 Å². The van der Waals surface area contributed by atoms with Crippen molar-refractivity contribution in [3.05, 3.63) is 45.9 Å². The van der Waals surface area contributed by atoms with E-state index in [1.54, 1.807) is 23.5 Å². The lowest BCUT2D eigenvalue weighted by Gasteiger charge is -2.11. The predicted octanol–water partition coefficient (Wildman–Crippen LogP) is 2.46. The van der Waals surface area contributed by atoms with Gasteiger partial charge < -0.3 is 21.1 Å². The highest BCUT2D eigenvalue weighted by molar-refractivity contribution is 7.09. The van der Waals surface area contributed by atoms with Gasteiger partial charge in [-0.25, -0.2) is 9.98 Å². The van der Waals surface area contributed by atoms with Crippen LogP contribution in [-0.2, 0) is 6.54 Å². The topological polar surface area (TPSA) is 98.6 Å². The SMILES string of the molecule is CCNC(=NCc1nc(C(C)C)cs1)NCCNC(=O)c1ccc(O)cc1. The summed E-state index contributed by atoms with van der Waals surface area (Å²) in [5, 5.41) is 21.5. The van der Waals surface area contributed by atoms with Crippen LogP contribution in [0, 0.1) is 0 Å². The maximum absolute atomic E-state index is 12.0. The molecule has 1 aromatic carbocycles. The van der Waals surface area contributed by atoms with Gasteiger partial charge in [-0.1, -0.05) is 13.8 Å². The number of nitrogens with one attached hydrogen (secondary N) is 3. The average molecular weight is 390 g/mol. The molecule has 0 aliphatic carbocycles. The van der Waals surface area contributed by atoms with Gasteiger partial charge in [0.1, 0.15) is 10.8 Å². The molecule has 0 bridgehead atoms. The number of benzene rings is 1. The molecule has 0 aliphatic heterocycles. The van der Waals surface area contributed by atoms with Gasteiger partial charge in [-0.2, -0.15) is 0 Å². The van der Waals surface area contributed by atoms with E-state index in [2.05, 4.69) is 45.2 Å². The van der Waals surface area contributed by atoms with Crippen molar-refractivity contribution in [2.75, 3.05) is 19.6 Å². The number of guanidine groups is 1. The highest BCUT2D eigenvalue weighted by atomic mass is 32.1. The van der Waals surface area contributed by atoms with Crippen molar-refractivity contribution < 1.29 is 9.90 Å². The van der Waals surface area contributed by atoms with Gasteiger partial charge in [0.25, 0.3) is 5.91 Å². The number of aromatic nitrogens is 1. The first-order chi connectivity index (χ1) is 13.0. The van der Waals surface area contributed by atoms with E-state index in [-0.39, 0.29) is 11.7 Å². The molecule has 2 rings (SSSR count). The zero-order chi connectivity index (χ0) is 19.6. The molecule has 1 amide bonds. The Hall–Kier alpha value is -2.61. The van der Waals surface area contributed by atoms with Crippen molar-refractivity contribution in [3.8, 4) is 5.75 Å². The van der Waals surface area contributed by atoms with Gasteiger partial charge in [0, 0.05) is 30.6 Å². The van der Waals surface area contributed by atoms with Crippen molar-refractivity contribution in [1.29, 1.82) is 0 Å². The minimum Gasteiger partial charge on any atom is -0.508 e. The molecule has 1 aromatic heterocycles. The summed E-state index contributed by atoms with van der Waals surface area (Å²) in [7, 11) is 0. The fourth-order valence-corrected chi connectivity index (χ4v) is 3.10. The first-order valence-electron chi connectivity index (χ1n) is 9.03. The Bertz CT molecular complexity index is 756. The summed E-state index contributed by atoms with van der Waals surface area (Å²) in [6, 6.07) is 6.16. The molecular formula is C19H27N5O2S. The molecule has 0 saturated carbocycles. The molecule has 0 radical (unpaired) electrons. The Labute approximate surface area is 163 Å². The van der Waals surface area contributed by atoms with E-state index in [1.807, 2.05) is 6.92 Å². The molecule has 4 N–H and O–H groups in total. The molecule has 0 fully saturated rings. The number of thiazole rings is 1. The smallest absolute Gasteiger partial charge is 0.251 e. The number of phenolic OH excluding ortho intramolecular Hbond substituents is 1. The molecule has 1 heterocycles. The Kier molecular flexibility index (Phi) is 8.06. The summed E-state index contributed by atoms with van der Waals surface area (Å²) in [5.41, 5.74) is 1.61. The van der Waals surface area contributed by atoms with E-state index in [0.29, 0.717) is 37.1 Å². The van der Waals surface area contributed by atoms with Crippen LogP contribution >= 0.6 is 11.3 Å². The van der Waals surface area contributed by atoms with Gasteiger partial charge in [0.05, 0.1) is 12.2 Å². The number of hydrogen-bond acceptors (Lipinski definition) is 5. The van der Waals surface area contributed by atoms with Gasteiger partial charge in [0.2, 0.25) is 0 Å². The predicted molar refractivity (Wildman–Crippen MR) is 109 cm³/mol. The van der Waals surface area contributed by atoms with Gasteiger partial charge in [-0.15, -0.1) is 11.3 Å². The van der Waals surface area contributed by atoms with Crippen LogP contribution < -0.4 is 16.0 Å². The maximum atomic E-state index is 12.0. The van der Waals surface area contributed by atoms with Crippen molar-refractivity contribution in [1.82, 2.24) is 20.9 Å². The quantitative estimate of drug-likeness (QED) is 0.316. The maximum Gasteiger partial charge on any atom is 0.251 e. The summed E-state index contributed by atoms with van der Waals surface area (Å²) in [5.74, 6) is 1.07. The number of rotatable bonds is 8. The van der Waals surface area contributed by atoms with Crippen LogP contribution in [-0.4, -0.2) is 41.6 Å². The first-order valence-corrected chi connectivity index (χ1v) is 9.91. The number of aliphatic imine (C=N–C) groups is 1. The number of carbonyl (C=O) groups excluding carboxylic acids is 1. The van der Waals surface area contributed by atoms with Crippen molar-refractivity contribution in [3.63, 3.8) is 0 Å². The van der Waals surface area contributed by atoms with Crippen LogP contribution in [0.4, 0.5) is 0 Å². The summed E-state index contributed by atoms with van der Waals surface area (Å²) in [6.07, 6.45) is 0. The molecule has 0 aliphatic rings. The monoisotopic (exact) mass is 389 g/mol. The summed E-state index contributed by atoms with van der Waals surface area (Å²) in [6.45, 7) is 8.53. The summed E-state index contributed by atoms with van der Waals surface area (Å²) >= 11 is 1.62. The second kappa shape index (κ2) is 10.5. The Balaban J connectivity index is 1.79. The Morgan fingerprint density at radius 2 is 1.89 bits per heavy atom. The van der Waals surface area contributed by atoms with Crippen LogP contribution in [0.2, 0.25) is 0 Å². The fraction of sp³-hybridized carbons (Fsp3) is 0.421. The number of phenols is 1. The zero-order valence-electron chi connectivity index (χ0n) is 16.0. The standard InChI is InChI=1S/C19H27N5O2S/c1-4-20-19(23-11-17-24-16(12-27-17)13(2)3)22-10-9-21-18(26)14-5-7-15(25)8-6-14/h5-8,12-13,25H,4,9-11H2,1-3H3,(H,21,26)(H2,20,22,23). The van der Waals surface area contributed by atoms with Gasteiger partial charge in [-0.05, 0) is 37.1 Å². The third kappa shape index (κ3) is 6.90. The molecular weight excluding hydrogens is 362 g/mol. The minimum atomic E-state index is -0.178.